The second kappa shape index (κ2) is 5.95. The Labute approximate surface area is 125 Å². The molecule has 0 aliphatic rings. The minimum Gasteiger partial charge on any atom is -0.322 e. The second-order valence-electron chi connectivity index (χ2n) is 5.28. The van der Waals surface area contributed by atoms with Crippen molar-refractivity contribution in [2.45, 2.75) is 27.7 Å². The lowest BCUT2D eigenvalue weighted by atomic mass is 10.1. The molecule has 0 aliphatic heterocycles. The highest BCUT2D eigenvalue weighted by Crippen LogP contribution is 2.18. The van der Waals surface area contributed by atoms with Crippen molar-refractivity contribution in [3.63, 3.8) is 0 Å². The minimum absolute atomic E-state index is 0.133. The number of anilines is 1. The first-order valence-corrected chi connectivity index (χ1v) is 6.95. The second-order valence-corrected chi connectivity index (χ2v) is 5.28. The lowest BCUT2D eigenvalue weighted by Crippen LogP contribution is -2.09. The number of hydrogen-bond acceptors (Lipinski definition) is 2. The zero-order chi connectivity index (χ0) is 15.6. The Kier molecular flexibility index (Phi) is 4.26. The third-order valence-corrected chi connectivity index (χ3v) is 3.83. The van der Waals surface area contributed by atoms with Gasteiger partial charge in [0.1, 0.15) is 0 Å². The highest BCUT2D eigenvalue weighted by Gasteiger charge is 2.07. The number of amides is 1. The van der Waals surface area contributed by atoms with Crippen LogP contribution in [-0.4, -0.2) is 15.7 Å². The molecule has 0 spiro atoms. The number of carbonyl (C=O) groups excluding carboxylic acids is 1. The number of hydrogen-bond donors (Lipinski definition) is 1. The predicted molar refractivity (Wildman–Crippen MR) is 86.3 cm³/mol. The summed E-state index contributed by atoms with van der Waals surface area (Å²) in [5.41, 5.74) is 6.07. The Hall–Kier alpha value is -2.36. The Morgan fingerprint density at radius 3 is 2.57 bits per heavy atom. The summed E-state index contributed by atoms with van der Waals surface area (Å²) in [6.07, 6.45) is 3.37. The molecule has 0 saturated heterocycles. The highest BCUT2D eigenvalue weighted by atomic mass is 16.1. The van der Waals surface area contributed by atoms with Gasteiger partial charge in [-0.25, -0.2) is 0 Å². The van der Waals surface area contributed by atoms with Crippen molar-refractivity contribution in [2.24, 2.45) is 7.05 Å². The van der Waals surface area contributed by atoms with Gasteiger partial charge in [0.05, 0.1) is 5.69 Å². The van der Waals surface area contributed by atoms with Crippen LogP contribution in [0.1, 0.15) is 28.1 Å². The van der Waals surface area contributed by atoms with Gasteiger partial charge in [0.25, 0.3) is 0 Å². The van der Waals surface area contributed by atoms with Crippen LogP contribution >= 0.6 is 0 Å². The molecule has 1 heterocycles. The molecule has 0 fully saturated rings. The van der Waals surface area contributed by atoms with E-state index in [1.165, 1.54) is 0 Å². The van der Waals surface area contributed by atoms with Gasteiger partial charge >= 0.3 is 0 Å². The van der Waals surface area contributed by atoms with Crippen LogP contribution in [0, 0.1) is 27.7 Å². The standard InChI is InChI=1S/C17H21N3O/c1-11-7-6-8-16(12(11)2)18-17(21)10-9-15-13(3)19-20(5)14(15)4/h6-10H,1-5H3,(H,18,21). The first-order chi connectivity index (χ1) is 9.90. The first-order valence-electron chi connectivity index (χ1n) is 6.95. The molecule has 4 nitrogen and oxygen atoms in total. The minimum atomic E-state index is -0.133. The van der Waals surface area contributed by atoms with Gasteiger partial charge in [0.15, 0.2) is 0 Å². The summed E-state index contributed by atoms with van der Waals surface area (Å²) in [7, 11) is 1.90. The molecule has 1 aromatic heterocycles. The van der Waals surface area contributed by atoms with Crippen LogP contribution in [0.15, 0.2) is 24.3 Å². The molecule has 110 valence electrons. The maximum atomic E-state index is 12.1. The van der Waals surface area contributed by atoms with Crippen molar-refractivity contribution in [3.8, 4) is 0 Å². The number of nitrogens with one attached hydrogen (secondary N) is 1. The number of aromatic nitrogens is 2. The van der Waals surface area contributed by atoms with E-state index in [9.17, 15) is 4.79 Å². The molecule has 1 amide bonds. The van der Waals surface area contributed by atoms with Crippen molar-refractivity contribution in [1.82, 2.24) is 9.78 Å². The van der Waals surface area contributed by atoms with Crippen LogP contribution < -0.4 is 5.32 Å². The number of carbonyl (C=O) groups is 1. The van der Waals surface area contributed by atoms with E-state index in [0.29, 0.717) is 0 Å². The normalized spacial score (nSPS) is 11.1. The zero-order valence-corrected chi connectivity index (χ0v) is 13.2. The maximum absolute atomic E-state index is 12.1. The topological polar surface area (TPSA) is 46.9 Å². The fraction of sp³-hybridized carbons (Fsp3) is 0.294. The molecular formula is C17H21N3O. The predicted octanol–water partition coefficient (Wildman–Crippen LogP) is 3.31. The van der Waals surface area contributed by atoms with Crippen LogP contribution in [-0.2, 0) is 11.8 Å². The third kappa shape index (κ3) is 3.21. The summed E-state index contributed by atoms with van der Waals surface area (Å²) in [6.45, 7) is 7.96. The van der Waals surface area contributed by atoms with Gasteiger partial charge in [0, 0.05) is 30.1 Å². The van der Waals surface area contributed by atoms with Gasteiger partial charge in [-0.15, -0.1) is 0 Å². The van der Waals surface area contributed by atoms with Crippen LogP contribution in [0.3, 0.4) is 0 Å². The molecule has 2 aromatic rings. The number of benzene rings is 1. The molecule has 1 N–H and O–H groups in total. The van der Waals surface area contributed by atoms with E-state index < -0.39 is 0 Å². The molecule has 21 heavy (non-hydrogen) atoms. The van der Waals surface area contributed by atoms with Crippen LogP contribution in [0.4, 0.5) is 5.69 Å². The van der Waals surface area contributed by atoms with Crippen molar-refractivity contribution in [2.75, 3.05) is 5.32 Å². The van der Waals surface area contributed by atoms with Gasteiger partial charge in [0.2, 0.25) is 5.91 Å². The van der Waals surface area contributed by atoms with Crippen LogP contribution in [0.5, 0.6) is 0 Å². The summed E-state index contributed by atoms with van der Waals surface area (Å²) in [5, 5.41) is 7.25. The van der Waals surface area contributed by atoms with Gasteiger partial charge < -0.3 is 5.32 Å². The van der Waals surface area contributed by atoms with Gasteiger partial charge in [-0.05, 0) is 51.0 Å². The molecule has 0 radical (unpaired) electrons. The number of aryl methyl sites for hydroxylation is 3. The summed E-state index contributed by atoms with van der Waals surface area (Å²) in [6, 6.07) is 5.88. The van der Waals surface area contributed by atoms with Crippen molar-refractivity contribution in [3.05, 3.63) is 52.4 Å². The molecule has 0 aliphatic carbocycles. The van der Waals surface area contributed by atoms with Gasteiger partial charge in [-0.2, -0.15) is 5.10 Å². The first kappa shape index (κ1) is 15.0. The van der Waals surface area contributed by atoms with E-state index in [2.05, 4.69) is 10.4 Å². The molecule has 4 heteroatoms. The smallest absolute Gasteiger partial charge is 0.248 e. The number of nitrogens with zero attached hydrogens (tertiary/aromatic N) is 2. The lowest BCUT2D eigenvalue weighted by Gasteiger charge is -2.08. The Balaban J connectivity index is 2.15. The summed E-state index contributed by atoms with van der Waals surface area (Å²) >= 11 is 0. The Morgan fingerprint density at radius 2 is 1.95 bits per heavy atom. The third-order valence-electron chi connectivity index (χ3n) is 3.83. The van der Waals surface area contributed by atoms with Crippen molar-refractivity contribution in [1.29, 1.82) is 0 Å². The molecule has 2 rings (SSSR count). The zero-order valence-electron chi connectivity index (χ0n) is 13.2. The lowest BCUT2D eigenvalue weighted by molar-refractivity contribution is -0.111. The van der Waals surface area contributed by atoms with Crippen LogP contribution in [0.25, 0.3) is 6.08 Å². The average Bonchev–Trinajstić information content (AvgIpc) is 2.67. The monoisotopic (exact) mass is 283 g/mol. The molecule has 0 atom stereocenters. The molecule has 0 bridgehead atoms. The van der Waals surface area contributed by atoms with E-state index in [0.717, 1.165) is 33.8 Å². The Bertz CT molecular complexity index is 711. The fourth-order valence-electron chi connectivity index (χ4n) is 2.25. The summed E-state index contributed by atoms with van der Waals surface area (Å²) < 4.78 is 1.82. The quantitative estimate of drug-likeness (QED) is 0.878. The van der Waals surface area contributed by atoms with E-state index in [-0.39, 0.29) is 5.91 Å². The van der Waals surface area contributed by atoms with Crippen LogP contribution in [0.2, 0.25) is 0 Å². The fourth-order valence-corrected chi connectivity index (χ4v) is 2.25. The van der Waals surface area contributed by atoms with E-state index in [4.69, 9.17) is 0 Å². The Morgan fingerprint density at radius 1 is 1.24 bits per heavy atom. The summed E-state index contributed by atoms with van der Waals surface area (Å²) in [5.74, 6) is -0.133. The number of rotatable bonds is 3. The van der Waals surface area contributed by atoms with E-state index >= 15 is 0 Å². The highest BCUT2D eigenvalue weighted by molar-refractivity contribution is 6.02. The molecule has 0 unspecified atom stereocenters. The van der Waals surface area contributed by atoms with Crippen molar-refractivity contribution >= 4 is 17.7 Å². The SMILES string of the molecule is Cc1cccc(NC(=O)C=Cc2c(C)nn(C)c2C)c1C. The van der Waals surface area contributed by atoms with E-state index in [1.807, 2.05) is 63.7 Å². The van der Waals surface area contributed by atoms with Gasteiger partial charge in [-0.1, -0.05) is 12.1 Å². The maximum Gasteiger partial charge on any atom is 0.248 e. The van der Waals surface area contributed by atoms with E-state index in [1.54, 1.807) is 6.08 Å². The van der Waals surface area contributed by atoms with Gasteiger partial charge in [-0.3, -0.25) is 9.48 Å². The molecule has 0 saturated carbocycles. The largest absolute Gasteiger partial charge is 0.322 e. The summed E-state index contributed by atoms with van der Waals surface area (Å²) in [4.78, 5) is 12.1. The van der Waals surface area contributed by atoms with Crippen molar-refractivity contribution < 1.29 is 4.79 Å². The molecular weight excluding hydrogens is 262 g/mol. The molecule has 1 aromatic carbocycles. The average molecular weight is 283 g/mol.